The fourth-order valence-corrected chi connectivity index (χ4v) is 4.57. The van der Waals surface area contributed by atoms with Crippen molar-refractivity contribution >= 4 is 11.9 Å². The molecule has 1 aliphatic carbocycles. The first kappa shape index (κ1) is 22.0. The summed E-state index contributed by atoms with van der Waals surface area (Å²) in [5.74, 6) is 1.47. The van der Waals surface area contributed by atoms with Crippen LogP contribution >= 0.6 is 0 Å². The van der Waals surface area contributed by atoms with E-state index in [0.717, 1.165) is 44.6 Å². The Morgan fingerprint density at radius 1 is 1.30 bits per heavy atom. The van der Waals surface area contributed by atoms with Crippen molar-refractivity contribution in [2.24, 2.45) is 16.6 Å². The lowest BCUT2D eigenvalue weighted by Crippen LogP contribution is -2.62. The number of rotatable bonds is 5. The Labute approximate surface area is 165 Å². The lowest BCUT2D eigenvalue weighted by molar-refractivity contribution is -0.129. The molecule has 0 radical (unpaired) electrons. The van der Waals surface area contributed by atoms with Crippen molar-refractivity contribution in [1.82, 2.24) is 20.0 Å². The fourth-order valence-electron chi connectivity index (χ4n) is 4.57. The van der Waals surface area contributed by atoms with Gasteiger partial charge in [0.1, 0.15) is 0 Å². The van der Waals surface area contributed by atoms with Crippen molar-refractivity contribution in [3.8, 4) is 0 Å². The Morgan fingerprint density at radius 3 is 2.41 bits per heavy atom. The van der Waals surface area contributed by atoms with E-state index in [1.807, 2.05) is 20.9 Å². The third kappa shape index (κ3) is 4.93. The highest BCUT2D eigenvalue weighted by molar-refractivity contribution is 5.84. The second-order valence-electron chi connectivity index (χ2n) is 9.12. The quantitative estimate of drug-likeness (QED) is 0.549. The third-order valence-electron chi connectivity index (χ3n) is 6.78. The number of likely N-dealkylation sites (N-methyl/N-ethyl adjacent to an activating group) is 1. The number of primary amides is 1. The predicted molar refractivity (Wildman–Crippen MR) is 112 cm³/mol. The average Bonchev–Trinajstić information content (AvgIpc) is 2.62. The highest BCUT2D eigenvalue weighted by Gasteiger charge is 2.38. The Bertz CT molecular complexity index is 539. The Balaban J connectivity index is 1.95. The summed E-state index contributed by atoms with van der Waals surface area (Å²) < 4.78 is 0. The molecule has 1 saturated carbocycles. The minimum atomic E-state index is -0.601. The van der Waals surface area contributed by atoms with E-state index in [1.54, 1.807) is 0 Å². The van der Waals surface area contributed by atoms with Crippen LogP contribution in [0.15, 0.2) is 4.99 Å². The normalized spacial score (nSPS) is 28.5. The van der Waals surface area contributed by atoms with Gasteiger partial charge in [-0.2, -0.15) is 0 Å². The van der Waals surface area contributed by atoms with Gasteiger partial charge in [0.15, 0.2) is 5.96 Å². The maximum atomic E-state index is 11.7. The Morgan fingerprint density at radius 2 is 1.93 bits per heavy atom. The largest absolute Gasteiger partial charge is 0.368 e. The van der Waals surface area contributed by atoms with Crippen LogP contribution in [0.4, 0.5) is 0 Å². The minimum Gasteiger partial charge on any atom is -0.368 e. The molecule has 0 bridgehead atoms. The SMILES string of the molecule is CN=C(NCC1(N(C)C)CCCC(C)C1)N1CCN(C(C)(C)C(N)=O)CC1. The van der Waals surface area contributed by atoms with Crippen LogP contribution in [0.5, 0.6) is 0 Å². The molecule has 2 atom stereocenters. The summed E-state index contributed by atoms with van der Waals surface area (Å²) in [6.45, 7) is 10.4. The number of aliphatic imine (C=N–C) groups is 1. The van der Waals surface area contributed by atoms with Crippen LogP contribution in [0, 0.1) is 5.92 Å². The van der Waals surface area contributed by atoms with E-state index in [1.165, 1.54) is 25.7 Å². The molecular weight excluding hydrogens is 340 g/mol. The van der Waals surface area contributed by atoms with Crippen LogP contribution < -0.4 is 11.1 Å². The first-order chi connectivity index (χ1) is 12.6. The van der Waals surface area contributed by atoms with Gasteiger partial charge in [-0.05, 0) is 46.7 Å². The molecule has 2 aliphatic rings. The Hall–Kier alpha value is -1.34. The van der Waals surface area contributed by atoms with Gasteiger partial charge in [-0.25, -0.2) is 0 Å². The summed E-state index contributed by atoms with van der Waals surface area (Å²) in [6, 6.07) is 0. The van der Waals surface area contributed by atoms with Crippen LogP contribution in [-0.2, 0) is 4.79 Å². The van der Waals surface area contributed by atoms with Crippen molar-refractivity contribution in [1.29, 1.82) is 0 Å². The van der Waals surface area contributed by atoms with E-state index in [9.17, 15) is 4.79 Å². The van der Waals surface area contributed by atoms with Crippen molar-refractivity contribution in [3.63, 3.8) is 0 Å². The van der Waals surface area contributed by atoms with E-state index in [-0.39, 0.29) is 11.4 Å². The summed E-state index contributed by atoms with van der Waals surface area (Å²) in [4.78, 5) is 23.1. The molecular formula is C20H40N6O. The first-order valence-electron chi connectivity index (χ1n) is 10.3. The summed E-state index contributed by atoms with van der Waals surface area (Å²) in [7, 11) is 6.26. The van der Waals surface area contributed by atoms with Gasteiger partial charge in [0.2, 0.25) is 5.91 Å². The summed E-state index contributed by atoms with van der Waals surface area (Å²) in [5.41, 5.74) is 5.17. The van der Waals surface area contributed by atoms with Crippen LogP contribution in [0.1, 0.15) is 46.5 Å². The summed E-state index contributed by atoms with van der Waals surface area (Å²) in [5, 5.41) is 3.65. The van der Waals surface area contributed by atoms with Crippen molar-refractivity contribution in [2.45, 2.75) is 57.5 Å². The van der Waals surface area contributed by atoms with Crippen molar-refractivity contribution in [2.75, 3.05) is 53.9 Å². The van der Waals surface area contributed by atoms with Crippen molar-refractivity contribution in [3.05, 3.63) is 0 Å². The molecule has 1 saturated heterocycles. The number of carbonyl (C=O) groups excluding carboxylic acids is 1. The van der Waals surface area contributed by atoms with Crippen LogP contribution in [0.25, 0.3) is 0 Å². The number of nitrogens with one attached hydrogen (secondary N) is 1. The maximum Gasteiger partial charge on any atom is 0.237 e. The van der Waals surface area contributed by atoms with E-state index in [4.69, 9.17) is 5.73 Å². The third-order valence-corrected chi connectivity index (χ3v) is 6.78. The highest BCUT2D eigenvalue weighted by atomic mass is 16.1. The van der Waals surface area contributed by atoms with E-state index < -0.39 is 5.54 Å². The molecule has 7 nitrogen and oxygen atoms in total. The molecule has 1 aliphatic heterocycles. The molecule has 1 heterocycles. The first-order valence-corrected chi connectivity index (χ1v) is 10.3. The average molecular weight is 381 g/mol. The number of hydrogen-bond acceptors (Lipinski definition) is 4. The van der Waals surface area contributed by atoms with Gasteiger partial charge in [-0.3, -0.25) is 14.7 Å². The molecule has 0 aromatic carbocycles. The lowest BCUT2D eigenvalue weighted by Gasteiger charge is -2.47. The second-order valence-corrected chi connectivity index (χ2v) is 9.12. The minimum absolute atomic E-state index is 0.198. The maximum absolute atomic E-state index is 11.7. The van der Waals surface area contributed by atoms with E-state index in [2.05, 4.69) is 46.0 Å². The molecule has 2 fully saturated rings. The highest BCUT2D eigenvalue weighted by Crippen LogP contribution is 2.35. The molecule has 0 aromatic rings. The van der Waals surface area contributed by atoms with E-state index >= 15 is 0 Å². The zero-order valence-electron chi connectivity index (χ0n) is 18.2. The number of carbonyl (C=O) groups is 1. The molecule has 7 heteroatoms. The molecule has 1 amide bonds. The van der Waals surface area contributed by atoms with Gasteiger partial charge < -0.3 is 20.9 Å². The topological polar surface area (TPSA) is 77.2 Å². The summed E-state index contributed by atoms with van der Waals surface area (Å²) >= 11 is 0. The standard InChI is InChI=1S/C20H40N6O/c1-16-8-7-9-20(14-16,24(5)6)15-23-18(22-4)25-10-12-26(13-11-25)19(2,3)17(21)27/h16H,7-15H2,1-6H3,(H2,21,27)(H,22,23). The zero-order chi connectivity index (χ0) is 20.2. The van der Waals surface area contributed by atoms with Crippen molar-refractivity contribution < 1.29 is 4.79 Å². The number of nitrogens with two attached hydrogens (primary N) is 1. The van der Waals surface area contributed by atoms with Crippen LogP contribution in [0.3, 0.4) is 0 Å². The van der Waals surface area contributed by atoms with E-state index in [0.29, 0.717) is 0 Å². The van der Waals surface area contributed by atoms with Gasteiger partial charge >= 0.3 is 0 Å². The number of amides is 1. The molecule has 0 aromatic heterocycles. The van der Waals surface area contributed by atoms with Gasteiger partial charge in [0, 0.05) is 45.3 Å². The fraction of sp³-hybridized carbons (Fsp3) is 0.900. The lowest BCUT2D eigenvalue weighted by atomic mass is 9.75. The van der Waals surface area contributed by atoms with Crippen LogP contribution in [0.2, 0.25) is 0 Å². The van der Waals surface area contributed by atoms with Crippen LogP contribution in [-0.4, -0.2) is 91.5 Å². The zero-order valence-corrected chi connectivity index (χ0v) is 18.2. The molecule has 0 spiro atoms. The van der Waals surface area contributed by atoms with Gasteiger partial charge in [-0.15, -0.1) is 0 Å². The number of piperazine rings is 1. The van der Waals surface area contributed by atoms with Gasteiger partial charge in [0.25, 0.3) is 0 Å². The van der Waals surface area contributed by atoms with Gasteiger partial charge in [-0.1, -0.05) is 19.8 Å². The summed E-state index contributed by atoms with van der Waals surface area (Å²) in [6.07, 6.45) is 5.09. The second kappa shape index (κ2) is 8.78. The molecule has 2 unspecified atom stereocenters. The predicted octanol–water partition coefficient (Wildman–Crippen LogP) is 0.954. The smallest absolute Gasteiger partial charge is 0.237 e. The monoisotopic (exact) mass is 380 g/mol. The number of hydrogen-bond donors (Lipinski definition) is 2. The molecule has 156 valence electrons. The Kier molecular flexibility index (Phi) is 7.14. The van der Waals surface area contributed by atoms with Gasteiger partial charge in [0.05, 0.1) is 5.54 Å². The molecule has 27 heavy (non-hydrogen) atoms. The number of nitrogens with zero attached hydrogens (tertiary/aromatic N) is 4. The molecule has 2 rings (SSSR count). The number of guanidine groups is 1. The molecule has 3 N–H and O–H groups in total.